The second-order valence-corrected chi connectivity index (χ2v) is 7.64. The predicted octanol–water partition coefficient (Wildman–Crippen LogP) is 2.54. The van der Waals surface area contributed by atoms with Crippen molar-refractivity contribution in [3.8, 4) is 11.5 Å². The fourth-order valence-electron chi connectivity index (χ4n) is 3.62. The smallest absolute Gasteiger partial charge is 0.260 e. The number of pyridine rings is 1. The van der Waals surface area contributed by atoms with Gasteiger partial charge in [-0.2, -0.15) is 0 Å². The van der Waals surface area contributed by atoms with E-state index in [1.54, 1.807) is 37.5 Å². The molecular weight excluding hydrogens is 368 g/mol. The van der Waals surface area contributed by atoms with Crippen LogP contribution < -0.4 is 4.90 Å². The van der Waals surface area contributed by atoms with Crippen molar-refractivity contribution in [2.24, 2.45) is 0 Å². The molecule has 5 rings (SSSR count). The molecule has 8 nitrogen and oxygen atoms in total. The monoisotopic (exact) mass is 388 g/mol. The summed E-state index contributed by atoms with van der Waals surface area (Å²) in [5.41, 5.74) is 2.63. The highest BCUT2D eigenvalue weighted by molar-refractivity contribution is 6.11. The molecule has 2 amide bonds. The minimum absolute atomic E-state index is 0.126. The van der Waals surface area contributed by atoms with E-state index >= 15 is 0 Å². The molecule has 0 saturated heterocycles. The van der Waals surface area contributed by atoms with Crippen LogP contribution in [0.15, 0.2) is 42.7 Å². The maximum atomic E-state index is 13.1. The van der Waals surface area contributed by atoms with Crippen LogP contribution in [0.1, 0.15) is 45.2 Å². The van der Waals surface area contributed by atoms with Crippen LogP contribution in [-0.4, -0.2) is 50.6 Å². The Hall–Kier alpha value is -3.55. The molecule has 1 aliphatic heterocycles. The van der Waals surface area contributed by atoms with Crippen molar-refractivity contribution in [2.75, 3.05) is 19.0 Å². The quantitative estimate of drug-likeness (QED) is 0.686. The normalized spacial score (nSPS) is 15.5. The molecule has 3 heterocycles. The Morgan fingerprint density at radius 3 is 2.76 bits per heavy atom. The molecule has 2 aliphatic rings. The number of nitrogens with zero attached hydrogens (tertiary/aromatic N) is 6. The molecule has 1 saturated carbocycles. The molecule has 8 heteroatoms. The van der Waals surface area contributed by atoms with Crippen LogP contribution in [0, 0.1) is 0 Å². The number of amides is 2. The van der Waals surface area contributed by atoms with Gasteiger partial charge in [-0.05, 0) is 42.7 Å². The molecule has 0 spiro atoms. The lowest BCUT2D eigenvalue weighted by atomic mass is 10.1. The van der Waals surface area contributed by atoms with Crippen LogP contribution in [0.4, 0.5) is 5.82 Å². The number of benzene rings is 1. The van der Waals surface area contributed by atoms with Gasteiger partial charge in [0, 0.05) is 31.3 Å². The Labute approximate surface area is 167 Å². The summed E-state index contributed by atoms with van der Waals surface area (Å²) >= 11 is 0. The summed E-state index contributed by atoms with van der Waals surface area (Å²) in [7, 11) is 3.39. The molecule has 1 aliphatic carbocycles. The van der Waals surface area contributed by atoms with Gasteiger partial charge in [0.25, 0.3) is 11.8 Å². The topological polar surface area (TPSA) is 84.2 Å². The number of carbonyl (C=O) groups is 2. The number of anilines is 1. The third kappa shape index (κ3) is 2.97. The van der Waals surface area contributed by atoms with Crippen LogP contribution in [0.2, 0.25) is 0 Å². The van der Waals surface area contributed by atoms with Gasteiger partial charge in [0.15, 0.2) is 5.82 Å². The first-order valence-corrected chi connectivity index (χ1v) is 9.56. The lowest BCUT2D eigenvalue weighted by Gasteiger charge is -2.15. The summed E-state index contributed by atoms with van der Waals surface area (Å²) in [5.74, 6) is 1.01. The molecule has 2 aromatic heterocycles. The van der Waals surface area contributed by atoms with E-state index in [1.165, 1.54) is 4.90 Å². The van der Waals surface area contributed by atoms with Gasteiger partial charge in [0.1, 0.15) is 17.8 Å². The average Bonchev–Trinajstić information content (AvgIpc) is 3.36. The van der Waals surface area contributed by atoms with Gasteiger partial charge < -0.3 is 9.47 Å². The summed E-state index contributed by atoms with van der Waals surface area (Å²) in [5, 5.41) is 8.26. The summed E-state index contributed by atoms with van der Waals surface area (Å²) < 4.78 is 2.05. The maximum Gasteiger partial charge on any atom is 0.260 e. The van der Waals surface area contributed by atoms with Crippen LogP contribution in [0.5, 0.6) is 0 Å². The minimum atomic E-state index is -0.151. The fourth-order valence-corrected chi connectivity index (χ4v) is 3.62. The Morgan fingerprint density at radius 1 is 1.17 bits per heavy atom. The first kappa shape index (κ1) is 17.5. The average molecular weight is 388 g/mol. The van der Waals surface area contributed by atoms with Crippen LogP contribution in [0.25, 0.3) is 11.5 Å². The van der Waals surface area contributed by atoms with Crippen molar-refractivity contribution < 1.29 is 9.59 Å². The maximum absolute atomic E-state index is 13.1. The van der Waals surface area contributed by atoms with E-state index in [1.807, 2.05) is 28.8 Å². The summed E-state index contributed by atoms with van der Waals surface area (Å²) in [6, 6.07) is 11.3. The molecule has 0 unspecified atom stereocenters. The van der Waals surface area contributed by atoms with E-state index in [0.717, 1.165) is 24.2 Å². The standard InChI is InChI=1S/C21H20N6O2/c1-25(2)20(28)13-6-7-14-11-26(21(29)16(14)10-13)18-5-3-4-17(23-18)19-24-22-12-27(19)15-8-9-15/h3-7,10,12,15H,8-9,11H2,1-2H3. The Balaban J connectivity index is 1.47. The van der Waals surface area contributed by atoms with Gasteiger partial charge in [0.2, 0.25) is 0 Å². The van der Waals surface area contributed by atoms with Gasteiger partial charge in [0.05, 0.1) is 6.54 Å². The van der Waals surface area contributed by atoms with Crippen molar-refractivity contribution in [1.29, 1.82) is 0 Å². The number of aromatic nitrogens is 4. The van der Waals surface area contributed by atoms with Crippen molar-refractivity contribution in [1.82, 2.24) is 24.6 Å². The van der Waals surface area contributed by atoms with Crippen molar-refractivity contribution >= 4 is 17.6 Å². The van der Waals surface area contributed by atoms with E-state index < -0.39 is 0 Å². The molecule has 146 valence electrons. The van der Waals surface area contributed by atoms with Crippen molar-refractivity contribution in [3.05, 3.63) is 59.4 Å². The minimum Gasteiger partial charge on any atom is -0.345 e. The number of carbonyl (C=O) groups excluding carboxylic acids is 2. The highest BCUT2D eigenvalue weighted by Crippen LogP contribution is 2.37. The first-order chi connectivity index (χ1) is 14.0. The third-order valence-electron chi connectivity index (χ3n) is 5.32. The zero-order valence-corrected chi connectivity index (χ0v) is 16.2. The molecule has 0 atom stereocenters. The van der Waals surface area contributed by atoms with E-state index in [2.05, 4.69) is 10.2 Å². The van der Waals surface area contributed by atoms with Gasteiger partial charge in [-0.1, -0.05) is 12.1 Å². The molecule has 3 aromatic rings. The van der Waals surface area contributed by atoms with E-state index in [0.29, 0.717) is 35.2 Å². The molecule has 0 N–H and O–H groups in total. The zero-order valence-electron chi connectivity index (χ0n) is 16.2. The highest BCUT2D eigenvalue weighted by Gasteiger charge is 2.31. The van der Waals surface area contributed by atoms with Crippen LogP contribution in [-0.2, 0) is 6.54 Å². The molecule has 1 aromatic carbocycles. The Kier molecular flexibility index (Phi) is 3.94. The highest BCUT2D eigenvalue weighted by atomic mass is 16.2. The molecule has 0 radical (unpaired) electrons. The molecule has 29 heavy (non-hydrogen) atoms. The van der Waals surface area contributed by atoms with Crippen LogP contribution >= 0.6 is 0 Å². The van der Waals surface area contributed by atoms with E-state index in [-0.39, 0.29) is 11.8 Å². The second-order valence-electron chi connectivity index (χ2n) is 7.64. The first-order valence-electron chi connectivity index (χ1n) is 9.56. The summed E-state index contributed by atoms with van der Waals surface area (Å²) in [4.78, 5) is 33.1. The lowest BCUT2D eigenvalue weighted by molar-refractivity contribution is 0.0827. The van der Waals surface area contributed by atoms with Gasteiger partial charge in [-0.25, -0.2) is 4.98 Å². The zero-order chi connectivity index (χ0) is 20.1. The van der Waals surface area contributed by atoms with Crippen molar-refractivity contribution in [2.45, 2.75) is 25.4 Å². The third-order valence-corrected chi connectivity index (χ3v) is 5.32. The van der Waals surface area contributed by atoms with Gasteiger partial charge in [-0.15, -0.1) is 10.2 Å². The number of hydrogen-bond donors (Lipinski definition) is 0. The summed E-state index contributed by atoms with van der Waals surface area (Å²) in [6.45, 7) is 0.427. The molecule has 1 fully saturated rings. The SMILES string of the molecule is CN(C)C(=O)c1ccc2c(c1)C(=O)N(c1cccc(-c3nncn3C3CC3)n1)C2. The second kappa shape index (κ2) is 6.51. The Morgan fingerprint density at radius 2 is 2.00 bits per heavy atom. The van der Waals surface area contributed by atoms with Gasteiger partial charge >= 0.3 is 0 Å². The number of rotatable bonds is 4. The number of hydrogen-bond acceptors (Lipinski definition) is 5. The fraction of sp³-hybridized carbons (Fsp3) is 0.286. The van der Waals surface area contributed by atoms with Crippen molar-refractivity contribution in [3.63, 3.8) is 0 Å². The molecular formula is C21H20N6O2. The predicted molar refractivity (Wildman–Crippen MR) is 106 cm³/mol. The number of fused-ring (bicyclic) bond motifs is 1. The largest absolute Gasteiger partial charge is 0.345 e. The van der Waals surface area contributed by atoms with E-state index in [9.17, 15) is 9.59 Å². The lowest BCUT2D eigenvalue weighted by Crippen LogP contribution is -2.24. The summed E-state index contributed by atoms with van der Waals surface area (Å²) in [6.07, 6.45) is 3.98. The Bertz CT molecular complexity index is 1130. The van der Waals surface area contributed by atoms with E-state index in [4.69, 9.17) is 4.98 Å². The van der Waals surface area contributed by atoms with Crippen LogP contribution in [0.3, 0.4) is 0 Å². The molecule has 0 bridgehead atoms. The van der Waals surface area contributed by atoms with Gasteiger partial charge in [-0.3, -0.25) is 14.5 Å².